The highest BCUT2D eigenvalue weighted by Gasteiger charge is 2.17. The average Bonchev–Trinajstić information content (AvgIpc) is 2.42. The van der Waals surface area contributed by atoms with E-state index in [1.807, 2.05) is 24.1 Å². The molecule has 3 heteroatoms. The molecule has 0 amide bonds. The molecular formula is C16H19N3. The van der Waals surface area contributed by atoms with E-state index >= 15 is 0 Å². The number of aliphatic imine (C=N–C) groups is 1. The Kier molecular flexibility index (Phi) is 3.85. The second-order valence-corrected chi connectivity index (χ2v) is 4.42. The molecule has 0 fully saturated rings. The summed E-state index contributed by atoms with van der Waals surface area (Å²) in [6, 6.07) is 8.41. The lowest BCUT2D eigenvalue weighted by Crippen LogP contribution is -2.41. The first-order valence-electron chi connectivity index (χ1n) is 6.29. The van der Waals surface area contributed by atoms with Gasteiger partial charge < -0.3 is 0 Å². The van der Waals surface area contributed by atoms with Gasteiger partial charge in [-0.3, -0.25) is 15.4 Å². The van der Waals surface area contributed by atoms with E-state index in [1.54, 1.807) is 7.05 Å². The number of rotatable bonds is 2. The summed E-state index contributed by atoms with van der Waals surface area (Å²) in [4.78, 5) is 4.17. The summed E-state index contributed by atoms with van der Waals surface area (Å²) in [5, 5.41) is 1.96. The van der Waals surface area contributed by atoms with Gasteiger partial charge in [0, 0.05) is 12.6 Å². The first-order chi connectivity index (χ1) is 9.15. The lowest BCUT2D eigenvalue weighted by atomic mass is 10.1. The normalized spacial score (nSPS) is 17.8. The van der Waals surface area contributed by atoms with Crippen LogP contribution < -0.4 is 5.43 Å². The number of allylic oxidation sites excluding steroid dienone is 2. The Hall–Kier alpha value is -2.29. The standard InChI is InChI=1S/C16H19N3/c1-5-15(14-8-6-7-12(2)11-14)19-13(3)9-10-16(17-4)18-19/h5-11H,3H2,1-2,4H3,(H,17,18)/b15-5-. The van der Waals surface area contributed by atoms with Crippen molar-refractivity contribution in [2.45, 2.75) is 13.8 Å². The number of amidine groups is 1. The number of hydrogen-bond donors (Lipinski definition) is 1. The van der Waals surface area contributed by atoms with Gasteiger partial charge in [0.15, 0.2) is 0 Å². The molecule has 0 saturated heterocycles. The summed E-state index contributed by atoms with van der Waals surface area (Å²) in [6.07, 6.45) is 5.94. The molecule has 0 bridgehead atoms. The Bertz CT molecular complexity index is 579. The summed E-state index contributed by atoms with van der Waals surface area (Å²) in [5.41, 5.74) is 7.60. The summed E-state index contributed by atoms with van der Waals surface area (Å²) in [5.74, 6) is 0.819. The van der Waals surface area contributed by atoms with E-state index in [9.17, 15) is 0 Å². The average molecular weight is 253 g/mol. The van der Waals surface area contributed by atoms with Crippen molar-refractivity contribution in [1.29, 1.82) is 0 Å². The van der Waals surface area contributed by atoms with Crippen LogP contribution in [0.5, 0.6) is 0 Å². The first-order valence-corrected chi connectivity index (χ1v) is 6.29. The Morgan fingerprint density at radius 2 is 2.16 bits per heavy atom. The molecule has 2 rings (SSSR count). The zero-order valence-corrected chi connectivity index (χ0v) is 11.6. The van der Waals surface area contributed by atoms with Gasteiger partial charge in [-0.25, -0.2) is 0 Å². The third kappa shape index (κ3) is 2.76. The molecule has 1 aromatic carbocycles. The maximum atomic E-state index is 4.17. The van der Waals surface area contributed by atoms with Gasteiger partial charge >= 0.3 is 0 Å². The number of benzene rings is 1. The van der Waals surface area contributed by atoms with Gasteiger partial charge in [0.1, 0.15) is 5.84 Å². The van der Waals surface area contributed by atoms with Crippen LogP contribution in [0.3, 0.4) is 0 Å². The van der Waals surface area contributed by atoms with Crippen LogP contribution in [0.1, 0.15) is 18.1 Å². The third-order valence-corrected chi connectivity index (χ3v) is 3.02. The van der Waals surface area contributed by atoms with Crippen molar-refractivity contribution in [3.63, 3.8) is 0 Å². The molecule has 98 valence electrons. The smallest absolute Gasteiger partial charge is 0.139 e. The van der Waals surface area contributed by atoms with Crippen molar-refractivity contribution in [3.8, 4) is 0 Å². The molecule has 0 radical (unpaired) electrons. The molecule has 1 heterocycles. The van der Waals surface area contributed by atoms with E-state index in [4.69, 9.17) is 0 Å². The van der Waals surface area contributed by atoms with E-state index in [1.165, 1.54) is 5.56 Å². The van der Waals surface area contributed by atoms with E-state index < -0.39 is 0 Å². The molecule has 19 heavy (non-hydrogen) atoms. The highest BCUT2D eigenvalue weighted by Crippen LogP contribution is 2.23. The van der Waals surface area contributed by atoms with Gasteiger partial charge in [0.05, 0.1) is 11.4 Å². The van der Waals surface area contributed by atoms with Gasteiger partial charge in [-0.15, -0.1) is 0 Å². The van der Waals surface area contributed by atoms with Crippen molar-refractivity contribution in [2.24, 2.45) is 4.99 Å². The van der Waals surface area contributed by atoms with Crippen LogP contribution >= 0.6 is 0 Å². The molecule has 0 unspecified atom stereocenters. The van der Waals surface area contributed by atoms with E-state index in [0.717, 1.165) is 22.8 Å². The molecule has 0 aromatic heterocycles. The van der Waals surface area contributed by atoms with Crippen LogP contribution in [0.4, 0.5) is 0 Å². The Morgan fingerprint density at radius 1 is 1.37 bits per heavy atom. The predicted molar refractivity (Wildman–Crippen MR) is 81.4 cm³/mol. The predicted octanol–water partition coefficient (Wildman–Crippen LogP) is 3.27. The SMILES string of the molecule is C=C1C=CC(=NC)NN1/C(=C\C)c1cccc(C)c1. The van der Waals surface area contributed by atoms with E-state index in [0.29, 0.717) is 0 Å². The number of nitrogens with one attached hydrogen (secondary N) is 1. The van der Waals surface area contributed by atoms with Crippen molar-refractivity contribution in [1.82, 2.24) is 10.4 Å². The minimum atomic E-state index is 0.819. The minimum absolute atomic E-state index is 0.819. The van der Waals surface area contributed by atoms with Crippen molar-refractivity contribution in [2.75, 3.05) is 7.05 Å². The fraction of sp³-hybridized carbons (Fsp3) is 0.188. The highest BCUT2D eigenvalue weighted by atomic mass is 15.5. The third-order valence-electron chi connectivity index (χ3n) is 3.02. The molecule has 1 N–H and O–H groups in total. The monoisotopic (exact) mass is 253 g/mol. The van der Waals surface area contributed by atoms with E-state index in [-0.39, 0.29) is 0 Å². The maximum absolute atomic E-state index is 4.17. The molecular weight excluding hydrogens is 234 g/mol. The summed E-state index contributed by atoms with van der Waals surface area (Å²) in [7, 11) is 1.76. The van der Waals surface area contributed by atoms with Gasteiger partial charge in [0.25, 0.3) is 0 Å². The number of nitrogens with zero attached hydrogens (tertiary/aromatic N) is 2. The first kappa shape index (κ1) is 13.1. The zero-order chi connectivity index (χ0) is 13.8. The molecule has 0 saturated carbocycles. The highest BCUT2D eigenvalue weighted by molar-refractivity contribution is 5.95. The molecule has 0 spiro atoms. The molecule has 3 nitrogen and oxygen atoms in total. The van der Waals surface area contributed by atoms with Crippen LogP contribution in [-0.2, 0) is 0 Å². The van der Waals surface area contributed by atoms with Crippen molar-refractivity contribution < 1.29 is 0 Å². The minimum Gasteiger partial charge on any atom is -0.277 e. The molecule has 0 atom stereocenters. The summed E-state index contributed by atoms with van der Waals surface area (Å²) < 4.78 is 0. The van der Waals surface area contributed by atoms with Gasteiger partial charge in [-0.05, 0) is 32.1 Å². The van der Waals surface area contributed by atoms with Gasteiger partial charge in [0.2, 0.25) is 0 Å². The number of hydrazine groups is 1. The Balaban J connectivity index is 2.38. The summed E-state index contributed by atoms with van der Waals surface area (Å²) >= 11 is 0. The van der Waals surface area contributed by atoms with Gasteiger partial charge in [-0.1, -0.05) is 36.4 Å². The Morgan fingerprint density at radius 3 is 2.79 bits per heavy atom. The second kappa shape index (κ2) is 5.57. The van der Waals surface area contributed by atoms with Gasteiger partial charge in [-0.2, -0.15) is 0 Å². The van der Waals surface area contributed by atoms with Crippen LogP contribution in [0.25, 0.3) is 5.70 Å². The largest absolute Gasteiger partial charge is 0.277 e. The topological polar surface area (TPSA) is 27.6 Å². The van der Waals surface area contributed by atoms with Crippen LogP contribution in [-0.4, -0.2) is 17.9 Å². The lowest BCUT2D eigenvalue weighted by Gasteiger charge is -2.31. The fourth-order valence-corrected chi connectivity index (χ4v) is 2.04. The lowest BCUT2D eigenvalue weighted by molar-refractivity contribution is 0.450. The molecule has 1 aromatic rings. The second-order valence-electron chi connectivity index (χ2n) is 4.42. The van der Waals surface area contributed by atoms with E-state index in [2.05, 4.69) is 54.3 Å². The number of hydrogen-bond acceptors (Lipinski definition) is 2. The molecule has 0 aliphatic carbocycles. The number of aryl methyl sites for hydroxylation is 1. The van der Waals surface area contributed by atoms with Crippen LogP contribution in [0, 0.1) is 6.92 Å². The molecule has 1 aliphatic rings. The zero-order valence-electron chi connectivity index (χ0n) is 11.6. The maximum Gasteiger partial charge on any atom is 0.139 e. The Labute approximate surface area is 114 Å². The quantitative estimate of drug-likeness (QED) is 0.876. The summed E-state index contributed by atoms with van der Waals surface area (Å²) in [6.45, 7) is 8.17. The van der Waals surface area contributed by atoms with Crippen LogP contribution in [0.2, 0.25) is 0 Å². The van der Waals surface area contributed by atoms with Crippen molar-refractivity contribution in [3.05, 3.63) is 65.9 Å². The van der Waals surface area contributed by atoms with Crippen LogP contribution in [0.15, 0.2) is 59.8 Å². The fourth-order valence-electron chi connectivity index (χ4n) is 2.04. The van der Waals surface area contributed by atoms with Crippen molar-refractivity contribution >= 4 is 11.5 Å². The molecule has 1 aliphatic heterocycles.